The van der Waals surface area contributed by atoms with Crippen LogP contribution in [-0.4, -0.2) is 48.7 Å². The first-order valence-electron chi connectivity index (χ1n) is 7.02. The van der Waals surface area contributed by atoms with Gasteiger partial charge in [0.2, 0.25) is 0 Å². The Balaban J connectivity index is 1.91. The maximum Gasteiger partial charge on any atom is 0.340 e. The van der Waals surface area contributed by atoms with Gasteiger partial charge in [-0.2, -0.15) is 0 Å². The highest BCUT2D eigenvalue weighted by Gasteiger charge is 2.26. The molecule has 1 fully saturated rings. The molecule has 120 valence electrons. The summed E-state index contributed by atoms with van der Waals surface area (Å²) < 4.78 is 10.6. The quantitative estimate of drug-likeness (QED) is 0.675. The van der Waals surface area contributed by atoms with E-state index < -0.39 is 5.97 Å². The predicted octanol–water partition coefficient (Wildman–Crippen LogP) is 1.71. The lowest BCUT2D eigenvalue weighted by molar-refractivity contribution is -0.146. The summed E-state index contributed by atoms with van der Waals surface area (Å²) >= 11 is 5.77. The van der Waals surface area contributed by atoms with E-state index in [1.807, 2.05) is 13.8 Å². The van der Waals surface area contributed by atoms with Crippen molar-refractivity contribution in [3.05, 3.63) is 28.8 Å². The van der Waals surface area contributed by atoms with Gasteiger partial charge in [0.15, 0.2) is 6.61 Å². The van der Waals surface area contributed by atoms with E-state index in [2.05, 4.69) is 0 Å². The van der Waals surface area contributed by atoms with E-state index in [0.29, 0.717) is 18.1 Å². The summed E-state index contributed by atoms with van der Waals surface area (Å²) in [7, 11) is 0. The van der Waals surface area contributed by atoms with Crippen LogP contribution in [0.15, 0.2) is 18.2 Å². The number of nitrogens with two attached hydrogens (primary N) is 1. The van der Waals surface area contributed by atoms with Gasteiger partial charge in [-0.3, -0.25) is 4.79 Å². The molecule has 1 aliphatic rings. The number of benzene rings is 1. The molecule has 7 heteroatoms. The second kappa shape index (κ2) is 6.98. The maximum absolute atomic E-state index is 12.1. The Kier molecular flexibility index (Phi) is 5.26. The van der Waals surface area contributed by atoms with E-state index in [0.717, 1.165) is 0 Å². The van der Waals surface area contributed by atoms with Crippen LogP contribution in [-0.2, 0) is 14.3 Å². The number of carbonyl (C=O) groups is 2. The van der Waals surface area contributed by atoms with E-state index in [1.165, 1.54) is 12.1 Å². The molecule has 0 spiro atoms. The zero-order valence-corrected chi connectivity index (χ0v) is 13.3. The SMILES string of the molecule is C[C@@H]1CN(C(=O)COC(=O)c2ccc(Cl)cc2N)C[C@@H](C)O1. The summed E-state index contributed by atoms with van der Waals surface area (Å²) in [5.74, 6) is -0.889. The molecule has 0 saturated carbocycles. The Morgan fingerprint density at radius 1 is 1.36 bits per heavy atom. The van der Waals surface area contributed by atoms with Crippen LogP contribution in [0.2, 0.25) is 5.02 Å². The van der Waals surface area contributed by atoms with Gasteiger partial charge in [-0.25, -0.2) is 4.79 Å². The highest BCUT2D eigenvalue weighted by molar-refractivity contribution is 6.31. The molecule has 1 aromatic carbocycles. The first-order valence-corrected chi connectivity index (χ1v) is 7.40. The van der Waals surface area contributed by atoms with Crippen molar-refractivity contribution < 1.29 is 19.1 Å². The van der Waals surface area contributed by atoms with Crippen LogP contribution in [0.25, 0.3) is 0 Å². The van der Waals surface area contributed by atoms with Crippen LogP contribution in [0.5, 0.6) is 0 Å². The van der Waals surface area contributed by atoms with E-state index in [-0.39, 0.29) is 36.0 Å². The number of nitrogens with zero attached hydrogens (tertiary/aromatic N) is 1. The minimum absolute atomic E-state index is 0.0321. The smallest absolute Gasteiger partial charge is 0.340 e. The van der Waals surface area contributed by atoms with Gasteiger partial charge in [-0.1, -0.05) is 11.6 Å². The molecule has 0 aromatic heterocycles. The average Bonchev–Trinajstić information content (AvgIpc) is 2.43. The van der Waals surface area contributed by atoms with Crippen molar-refractivity contribution in [2.45, 2.75) is 26.1 Å². The number of anilines is 1. The number of ether oxygens (including phenoxy) is 2. The van der Waals surface area contributed by atoms with Crippen molar-refractivity contribution in [3.63, 3.8) is 0 Å². The van der Waals surface area contributed by atoms with Crippen LogP contribution in [0.3, 0.4) is 0 Å². The summed E-state index contributed by atoms with van der Waals surface area (Å²) in [4.78, 5) is 25.7. The van der Waals surface area contributed by atoms with E-state index >= 15 is 0 Å². The molecule has 1 aromatic rings. The molecular weight excluding hydrogens is 308 g/mol. The Labute approximate surface area is 134 Å². The third kappa shape index (κ3) is 4.11. The zero-order chi connectivity index (χ0) is 16.3. The fraction of sp³-hybridized carbons (Fsp3) is 0.467. The lowest BCUT2D eigenvalue weighted by atomic mass is 10.2. The lowest BCUT2D eigenvalue weighted by Gasteiger charge is -2.35. The van der Waals surface area contributed by atoms with Crippen LogP contribution in [0.4, 0.5) is 5.69 Å². The fourth-order valence-electron chi connectivity index (χ4n) is 2.40. The van der Waals surface area contributed by atoms with Crippen LogP contribution in [0.1, 0.15) is 24.2 Å². The van der Waals surface area contributed by atoms with Crippen molar-refractivity contribution in [2.75, 3.05) is 25.4 Å². The molecule has 2 atom stereocenters. The molecule has 22 heavy (non-hydrogen) atoms. The number of nitrogen functional groups attached to an aromatic ring is 1. The Morgan fingerprint density at radius 2 is 2.00 bits per heavy atom. The van der Waals surface area contributed by atoms with Gasteiger partial charge in [0.25, 0.3) is 5.91 Å². The van der Waals surface area contributed by atoms with Crippen molar-refractivity contribution in [3.8, 4) is 0 Å². The predicted molar refractivity (Wildman–Crippen MR) is 82.7 cm³/mol. The molecule has 6 nitrogen and oxygen atoms in total. The summed E-state index contributed by atoms with van der Waals surface area (Å²) in [6.45, 7) is 4.46. The molecule has 2 rings (SSSR count). The first-order chi connectivity index (χ1) is 10.4. The third-order valence-electron chi connectivity index (χ3n) is 3.33. The molecule has 2 N–H and O–H groups in total. The molecule has 1 amide bonds. The minimum atomic E-state index is -0.642. The van der Waals surface area contributed by atoms with Crippen molar-refractivity contribution in [2.24, 2.45) is 0 Å². The number of morpholine rings is 1. The van der Waals surface area contributed by atoms with Gasteiger partial charge in [-0.15, -0.1) is 0 Å². The minimum Gasteiger partial charge on any atom is -0.452 e. The Bertz CT molecular complexity index is 569. The molecule has 0 radical (unpaired) electrons. The molecule has 1 heterocycles. The molecule has 0 unspecified atom stereocenters. The highest BCUT2D eigenvalue weighted by Crippen LogP contribution is 2.19. The number of hydrogen-bond acceptors (Lipinski definition) is 5. The monoisotopic (exact) mass is 326 g/mol. The Hall–Kier alpha value is -1.79. The van der Waals surface area contributed by atoms with Crippen molar-refractivity contribution in [1.29, 1.82) is 0 Å². The van der Waals surface area contributed by atoms with Gasteiger partial charge in [0, 0.05) is 23.8 Å². The van der Waals surface area contributed by atoms with E-state index in [9.17, 15) is 9.59 Å². The van der Waals surface area contributed by atoms with E-state index in [4.69, 9.17) is 26.8 Å². The van der Waals surface area contributed by atoms with Gasteiger partial charge in [0.1, 0.15) is 0 Å². The molecular formula is C15H19ClN2O4. The number of rotatable bonds is 3. The number of amides is 1. The summed E-state index contributed by atoms with van der Waals surface area (Å²) in [6.07, 6.45) is -0.0642. The van der Waals surface area contributed by atoms with Crippen LogP contribution < -0.4 is 5.73 Å². The normalized spacial score (nSPS) is 21.5. The van der Waals surface area contributed by atoms with Gasteiger partial charge >= 0.3 is 5.97 Å². The first kappa shape index (κ1) is 16.6. The highest BCUT2D eigenvalue weighted by atomic mass is 35.5. The standard InChI is InChI=1S/C15H19ClN2O4/c1-9-6-18(7-10(2)22-9)14(19)8-21-15(20)12-4-3-11(16)5-13(12)17/h3-5,9-10H,6-8,17H2,1-2H3/t9-,10-/m1/s1. The summed E-state index contributed by atoms with van der Waals surface area (Å²) in [6, 6.07) is 4.48. The Morgan fingerprint density at radius 3 is 2.59 bits per heavy atom. The maximum atomic E-state index is 12.1. The molecule has 0 aliphatic carbocycles. The second-order valence-corrected chi connectivity index (χ2v) is 5.80. The van der Waals surface area contributed by atoms with E-state index in [1.54, 1.807) is 11.0 Å². The lowest BCUT2D eigenvalue weighted by Crippen LogP contribution is -2.49. The number of esters is 1. The van der Waals surface area contributed by atoms with Gasteiger partial charge < -0.3 is 20.1 Å². The van der Waals surface area contributed by atoms with Gasteiger partial charge in [0.05, 0.1) is 17.8 Å². The van der Waals surface area contributed by atoms with Crippen LogP contribution >= 0.6 is 11.6 Å². The van der Waals surface area contributed by atoms with Crippen LogP contribution in [0, 0.1) is 0 Å². The third-order valence-corrected chi connectivity index (χ3v) is 3.57. The summed E-state index contributed by atoms with van der Waals surface area (Å²) in [5.41, 5.74) is 6.13. The zero-order valence-electron chi connectivity index (χ0n) is 12.5. The van der Waals surface area contributed by atoms with Crippen molar-refractivity contribution in [1.82, 2.24) is 4.90 Å². The van der Waals surface area contributed by atoms with Crippen molar-refractivity contribution >= 4 is 29.2 Å². The number of hydrogen-bond donors (Lipinski definition) is 1. The molecule has 0 bridgehead atoms. The molecule has 1 aliphatic heterocycles. The largest absolute Gasteiger partial charge is 0.452 e. The number of halogens is 1. The molecule has 1 saturated heterocycles. The topological polar surface area (TPSA) is 81.9 Å². The van der Waals surface area contributed by atoms with Gasteiger partial charge in [-0.05, 0) is 32.0 Å². The second-order valence-electron chi connectivity index (χ2n) is 5.36. The fourth-order valence-corrected chi connectivity index (χ4v) is 2.58. The summed E-state index contributed by atoms with van der Waals surface area (Å²) in [5, 5.41) is 0.432. The average molecular weight is 327 g/mol. The number of carbonyl (C=O) groups excluding carboxylic acids is 2.